The second kappa shape index (κ2) is 9.54. The minimum atomic E-state index is -3.69. The molecule has 9 nitrogen and oxygen atoms in total. The van der Waals surface area contributed by atoms with Gasteiger partial charge in [0.05, 0.1) is 36.0 Å². The van der Waals surface area contributed by atoms with Crippen LogP contribution < -0.4 is 5.32 Å². The quantitative estimate of drug-likeness (QED) is 0.675. The zero-order valence-electron chi connectivity index (χ0n) is 17.7. The molecule has 1 aliphatic rings. The normalized spacial score (nSPS) is 14.8. The molecule has 0 unspecified atom stereocenters. The van der Waals surface area contributed by atoms with Gasteiger partial charge in [-0.25, -0.2) is 18.2 Å². The van der Waals surface area contributed by atoms with Crippen molar-refractivity contribution in [2.45, 2.75) is 25.7 Å². The van der Waals surface area contributed by atoms with Gasteiger partial charge in [-0.3, -0.25) is 4.79 Å². The summed E-state index contributed by atoms with van der Waals surface area (Å²) in [4.78, 5) is 28.9. The van der Waals surface area contributed by atoms with Crippen molar-refractivity contribution in [1.29, 1.82) is 0 Å². The molecule has 0 saturated carbocycles. The number of anilines is 1. The average Bonchev–Trinajstić information content (AvgIpc) is 2.75. The van der Waals surface area contributed by atoms with Crippen LogP contribution in [0, 0.1) is 13.8 Å². The fraction of sp³-hybridized carbons (Fsp3) is 0.381. The number of aryl methyl sites for hydroxylation is 2. The van der Waals surface area contributed by atoms with E-state index >= 15 is 0 Å². The molecule has 166 valence electrons. The number of esters is 1. The van der Waals surface area contributed by atoms with Crippen molar-refractivity contribution in [1.82, 2.24) is 9.29 Å². The Morgan fingerprint density at radius 1 is 1.16 bits per heavy atom. The van der Waals surface area contributed by atoms with Gasteiger partial charge in [-0.15, -0.1) is 0 Å². The van der Waals surface area contributed by atoms with Crippen molar-refractivity contribution in [2.75, 3.05) is 38.2 Å². The number of hydrogen-bond acceptors (Lipinski definition) is 7. The van der Waals surface area contributed by atoms with Crippen LogP contribution in [-0.4, -0.2) is 62.5 Å². The van der Waals surface area contributed by atoms with Gasteiger partial charge >= 0.3 is 5.97 Å². The van der Waals surface area contributed by atoms with Crippen molar-refractivity contribution in [3.05, 3.63) is 52.8 Å². The Kier molecular flexibility index (Phi) is 7.04. The number of rotatable bonds is 6. The first kappa shape index (κ1) is 22.9. The molecular formula is C21H25N3O6S. The molecule has 1 aromatic carbocycles. The number of benzene rings is 1. The molecule has 0 radical (unpaired) electrons. The summed E-state index contributed by atoms with van der Waals surface area (Å²) in [5.74, 6) is -1.01. The van der Waals surface area contributed by atoms with Crippen LogP contribution in [0.4, 0.5) is 5.69 Å². The Balaban J connectivity index is 1.82. The summed E-state index contributed by atoms with van der Waals surface area (Å²) in [6, 6.07) is 7.52. The lowest BCUT2D eigenvalue weighted by molar-refractivity contribution is 0.0524. The molecule has 10 heteroatoms. The summed E-state index contributed by atoms with van der Waals surface area (Å²) >= 11 is 0. The second-order valence-corrected chi connectivity index (χ2v) is 8.94. The number of morpholine rings is 1. The SMILES string of the molecule is CCOC(=O)c1ccc(C(=O)Nc2cc(S(=O)(=O)N3CCOCC3)ccc2C)nc1C. The van der Waals surface area contributed by atoms with E-state index in [0.717, 1.165) is 0 Å². The molecule has 2 aromatic rings. The Hall–Kier alpha value is -2.82. The lowest BCUT2D eigenvalue weighted by atomic mass is 10.1. The molecule has 0 bridgehead atoms. The summed E-state index contributed by atoms with van der Waals surface area (Å²) in [5.41, 5.74) is 1.83. The molecule has 1 fully saturated rings. The monoisotopic (exact) mass is 447 g/mol. The zero-order valence-corrected chi connectivity index (χ0v) is 18.5. The number of sulfonamides is 1. The summed E-state index contributed by atoms with van der Waals surface area (Å²) < 4.78 is 37.4. The predicted octanol–water partition coefficient (Wildman–Crippen LogP) is 2.15. The van der Waals surface area contributed by atoms with Crippen molar-refractivity contribution in [3.63, 3.8) is 0 Å². The van der Waals surface area contributed by atoms with Gasteiger partial charge in [0.25, 0.3) is 5.91 Å². The Labute approximate surface area is 181 Å². The number of pyridine rings is 1. The molecule has 31 heavy (non-hydrogen) atoms. The van der Waals surface area contributed by atoms with Gasteiger partial charge in [0.15, 0.2) is 0 Å². The molecule has 1 aromatic heterocycles. The summed E-state index contributed by atoms with van der Waals surface area (Å²) in [6.45, 7) is 6.60. The van der Waals surface area contributed by atoms with Gasteiger partial charge in [0.1, 0.15) is 5.69 Å². The number of hydrogen-bond donors (Lipinski definition) is 1. The fourth-order valence-corrected chi connectivity index (χ4v) is 4.57. The number of ether oxygens (including phenoxy) is 2. The number of carbonyl (C=O) groups excluding carboxylic acids is 2. The average molecular weight is 448 g/mol. The number of nitrogens with one attached hydrogen (secondary N) is 1. The van der Waals surface area contributed by atoms with Crippen LogP contribution in [0.3, 0.4) is 0 Å². The smallest absolute Gasteiger partial charge is 0.339 e. The zero-order chi connectivity index (χ0) is 22.6. The number of carbonyl (C=O) groups is 2. The highest BCUT2D eigenvalue weighted by Gasteiger charge is 2.27. The minimum absolute atomic E-state index is 0.0945. The van der Waals surface area contributed by atoms with Crippen LogP contribution in [0.25, 0.3) is 0 Å². The largest absolute Gasteiger partial charge is 0.462 e. The van der Waals surface area contributed by atoms with E-state index in [0.29, 0.717) is 30.2 Å². The van der Waals surface area contributed by atoms with E-state index in [9.17, 15) is 18.0 Å². The Bertz CT molecular complexity index is 1090. The van der Waals surface area contributed by atoms with Crippen molar-refractivity contribution < 1.29 is 27.5 Å². The van der Waals surface area contributed by atoms with E-state index < -0.39 is 21.9 Å². The molecule has 3 rings (SSSR count). The third-order valence-electron chi connectivity index (χ3n) is 4.88. The van der Waals surface area contributed by atoms with Crippen LogP contribution in [0.5, 0.6) is 0 Å². The Morgan fingerprint density at radius 2 is 1.87 bits per heavy atom. The second-order valence-electron chi connectivity index (χ2n) is 7.00. The van der Waals surface area contributed by atoms with E-state index in [1.165, 1.54) is 28.6 Å². The first-order valence-electron chi connectivity index (χ1n) is 9.88. The maximum atomic E-state index is 12.9. The van der Waals surface area contributed by atoms with Gasteiger partial charge < -0.3 is 14.8 Å². The van der Waals surface area contributed by atoms with Gasteiger partial charge in [0.2, 0.25) is 10.0 Å². The van der Waals surface area contributed by atoms with Crippen molar-refractivity contribution >= 4 is 27.6 Å². The first-order chi connectivity index (χ1) is 14.7. The highest BCUT2D eigenvalue weighted by Crippen LogP contribution is 2.24. The van der Waals surface area contributed by atoms with Gasteiger partial charge in [-0.1, -0.05) is 6.07 Å². The molecule has 0 atom stereocenters. The van der Waals surface area contributed by atoms with E-state index in [4.69, 9.17) is 9.47 Å². The van der Waals surface area contributed by atoms with Crippen molar-refractivity contribution in [3.8, 4) is 0 Å². The van der Waals surface area contributed by atoms with Crippen LogP contribution in [0.2, 0.25) is 0 Å². The lowest BCUT2D eigenvalue weighted by Gasteiger charge is -2.26. The molecule has 1 N–H and O–H groups in total. The summed E-state index contributed by atoms with van der Waals surface area (Å²) in [7, 11) is -3.69. The van der Waals surface area contributed by atoms with Crippen LogP contribution in [-0.2, 0) is 19.5 Å². The van der Waals surface area contributed by atoms with Crippen LogP contribution in [0.15, 0.2) is 35.2 Å². The van der Waals surface area contributed by atoms with E-state index in [1.807, 2.05) is 0 Å². The third-order valence-corrected chi connectivity index (χ3v) is 6.77. The molecule has 1 aliphatic heterocycles. The predicted molar refractivity (Wildman–Crippen MR) is 114 cm³/mol. The lowest BCUT2D eigenvalue weighted by Crippen LogP contribution is -2.40. The molecule has 2 heterocycles. The molecular weight excluding hydrogens is 422 g/mol. The first-order valence-corrected chi connectivity index (χ1v) is 11.3. The van der Waals surface area contributed by atoms with Gasteiger partial charge in [-0.2, -0.15) is 4.31 Å². The minimum Gasteiger partial charge on any atom is -0.462 e. The number of aromatic nitrogens is 1. The Morgan fingerprint density at radius 3 is 2.52 bits per heavy atom. The maximum absolute atomic E-state index is 12.9. The van der Waals surface area contributed by atoms with Crippen LogP contribution in [0.1, 0.15) is 39.0 Å². The fourth-order valence-electron chi connectivity index (χ4n) is 3.13. The van der Waals surface area contributed by atoms with E-state index in [-0.39, 0.29) is 35.8 Å². The summed E-state index contributed by atoms with van der Waals surface area (Å²) in [6.07, 6.45) is 0. The topological polar surface area (TPSA) is 115 Å². The summed E-state index contributed by atoms with van der Waals surface area (Å²) in [5, 5.41) is 2.72. The van der Waals surface area contributed by atoms with Gasteiger partial charge in [0, 0.05) is 18.8 Å². The molecule has 0 aliphatic carbocycles. The number of amides is 1. The molecule has 1 saturated heterocycles. The number of nitrogens with zero attached hydrogens (tertiary/aromatic N) is 2. The molecule has 0 spiro atoms. The standard InChI is InChI=1S/C21H25N3O6S/c1-4-30-21(26)17-7-8-18(22-15(17)3)20(25)23-19-13-16(6-5-14(19)2)31(27,28)24-9-11-29-12-10-24/h5-8,13H,4,9-12H2,1-3H3,(H,23,25). The molecule has 1 amide bonds. The van der Waals surface area contributed by atoms with E-state index in [2.05, 4.69) is 10.3 Å². The third kappa shape index (κ3) is 5.09. The van der Waals surface area contributed by atoms with E-state index in [1.54, 1.807) is 26.8 Å². The maximum Gasteiger partial charge on any atom is 0.339 e. The van der Waals surface area contributed by atoms with Crippen LogP contribution >= 0.6 is 0 Å². The van der Waals surface area contributed by atoms with Gasteiger partial charge in [-0.05, 0) is 50.6 Å². The van der Waals surface area contributed by atoms with Crippen molar-refractivity contribution in [2.24, 2.45) is 0 Å². The highest BCUT2D eigenvalue weighted by molar-refractivity contribution is 7.89. The highest BCUT2D eigenvalue weighted by atomic mass is 32.2.